The van der Waals surface area contributed by atoms with Gasteiger partial charge in [-0.1, -0.05) is 126 Å². The largest absolute Gasteiger partial charge is 0.394 e. The van der Waals surface area contributed by atoms with Gasteiger partial charge in [-0.3, -0.25) is 4.79 Å². The highest BCUT2D eigenvalue weighted by Gasteiger charge is 2.53. The van der Waals surface area contributed by atoms with Crippen LogP contribution >= 0.6 is 0 Å². The molecule has 3 saturated heterocycles. The van der Waals surface area contributed by atoms with Gasteiger partial charge >= 0.3 is 0 Å². The maximum atomic E-state index is 13.2. The van der Waals surface area contributed by atoms with Gasteiger partial charge in [0.1, 0.15) is 73.2 Å². The van der Waals surface area contributed by atoms with Crippen LogP contribution in [0.2, 0.25) is 0 Å². The van der Waals surface area contributed by atoms with Crippen molar-refractivity contribution in [1.82, 2.24) is 5.32 Å². The molecule has 0 aromatic carbocycles. The number of ether oxygens (including phenoxy) is 6. The summed E-state index contributed by atoms with van der Waals surface area (Å²) in [6.07, 6.45) is 13.7. The topological polar surface area (TPSA) is 307 Å². The van der Waals surface area contributed by atoms with Crippen LogP contribution in [0, 0.1) is 0 Å². The summed E-state index contributed by atoms with van der Waals surface area (Å²) in [6.45, 7) is 1.54. The van der Waals surface area contributed by atoms with Crippen LogP contribution in [0.5, 0.6) is 0 Å². The van der Waals surface area contributed by atoms with Gasteiger partial charge in [-0.25, -0.2) is 0 Å². The molecule has 73 heavy (non-hydrogen) atoms. The van der Waals surface area contributed by atoms with Crippen LogP contribution < -0.4 is 5.32 Å². The number of hydrogen-bond donors (Lipinski definition) is 12. The Bertz CT molecular complexity index is 1580. The van der Waals surface area contributed by atoms with Crippen LogP contribution in [0.1, 0.15) is 142 Å². The van der Waals surface area contributed by atoms with E-state index in [1.165, 1.54) is 19.3 Å². The molecule has 1 amide bonds. The van der Waals surface area contributed by atoms with Gasteiger partial charge in [-0.05, 0) is 70.6 Å². The summed E-state index contributed by atoms with van der Waals surface area (Å²) in [4.78, 5) is 13.2. The van der Waals surface area contributed by atoms with Crippen LogP contribution in [-0.2, 0) is 33.2 Å². The summed E-state index contributed by atoms with van der Waals surface area (Å²) in [5.74, 6) is -0.304. The third-order valence-electron chi connectivity index (χ3n) is 13.2. The number of nitrogens with one attached hydrogen (secondary N) is 1. The third kappa shape index (κ3) is 23.3. The molecule has 0 saturated carbocycles. The summed E-state index contributed by atoms with van der Waals surface area (Å²) in [6, 6.07) is -1.000. The molecule has 17 atom stereocenters. The fraction of sp³-hybridized carbons (Fsp3) is 0.796. The lowest BCUT2D eigenvalue weighted by Gasteiger charge is -2.48. The highest BCUT2D eigenvalue weighted by atomic mass is 16.8. The zero-order valence-corrected chi connectivity index (χ0v) is 43.3. The fourth-order valence-corrected chi connectivity index (χ4v) is 8.73. The minimum absolute atomic E-state index is 0.220. The van der Waals surface area contributed by atoms with E-state index in [2.05, 4.69) is 67.8 Å². The highest BCUT2D eigenvalue weighted by Crippen LogP contribution is 2.33. The predicted octanol–water partition coefficient (Wildman–Crippen LogP) is 2.92. The van der Waals surface area contributed by atoms with E-state index in [-0.39, 0.29) is 18.9 Å². The maximum Gasteiger partial charge on any atom is 0.220 e. The Labute approximate surface area is 433 Å². The van der Waals surface area contributed by atoms with Crippen molar-refractivity contribution in [3.05, 3.63) is 60.8 Å². The smallest absolute Gasteiger partial charge is 0.220 e. The van der Waals surface area contributed by atoms with Crippen molar-refractivity contribution < 1.29 is 89.4 Å². The molecule has 0 aromatic rings. The number of rotatable bonds is 37. The summed E-state index contributed by atoms with van der Waals surface area (Å²) in [7, 11) is 0. The number of allylic oxidation sites excluding steroid dienone is 9. The molecule has 0 spiro atoms. The first kappa shape index (κ1) is 64.8. The molecule has 3 aliphatic heterocycles. The van der Waals surface area contributed by atoms with Crippen molar-refractivity contribution >= 4 is 5.91 Å². The number of carbonyl (C=O) groups is 1. The minimum atomic E-state index is -1.98. The molecular formula is C54H93NO18. The Balaban J connectivity index is 1.55. The van der Waals surface area contributed by atoms with Crippen molar-refractivity contribution in [3.63, 3.8) is 0 Å². The van der Waals surface area contributed by atoms with Gasteiger partial charge in [-0.2, -0.15) is 0 Å². The monoisotopic (exact) mass is 1040 g/mol. The number of amides is 1. The molecule has 0 bridgehead atoms. The zero-order chi connectivity index (χ0) is 53.4. The summed E-state index contributed by atoms with van der Waals surface area (Å²) in [5.41, 5.74) is 0. The van der Waals surface area contributed by atoms with Crippen LogP contribution in [0.15, 0.2) is 60.8 Å². The van der Waals surface area contributed by atoms with Crippen LogP contribution in [-0.4, -0.2) is 193 Å². The quantitative estimate of drug-likeness (QED) is 0.0315. The van der Waals surface area contributed by atoms with Gasteiger partial charge in [0.15, 0.2) is 18.9 Å². The molecule has 3 aliphatic rings. The maximum absolute atomic E-state index is 13.2. The minimum Gasteiger partial charge on any atom is -0.394 e. The standard InChI is InChI=1S/C54H93NO18/c1-3-5-7-9-11-13-15-16-17-18-19-20-22-24-26-28-30-32-42(60)55-37(38(59)31-29-27-25-23-21-14-12-10-8-6-4-2)36-68-52-48(66)45(63)50(40(34-57)70-52)73-54-49(67)46(64)51(41(35-58)71-54)72-53-47(65)44(62)43(61)39(33-56)69-53/h8,10-11,13,16-17,21,23,29,31,37-41,43-54,56-59,61-67H,3-7,9,12,14-15,18-20,22,24-28,30,32-36H2,1-2H3,(H,55,60)/b10-8+,13-11-,17-16-,23-21+,31-29+. The molecular weight excluding hydrogens is 951 g/mol. The van der Waals surface area contributed by atoms with Crippen LogP contribution in [0.25, 0.3) is 0 Å². The van der Waals surface area contributed by atoms with E-state index in [1.54, 1.807) is 6.08 Å². The second-order valence-electron chi connectivity index (χ2n) is 19.3. The van der Waals surface area contributed by atoms with Gasteiger partial charge in [0, 0.05) is 6.42 Å². The molecule has 19 nitrogen and oxygen atoms in total. The van der Waals surface area contributed by atoms with Gasteiger partial charge in [0.2, 0.25) is 5.91 Å². The molecule has 3 fully saturated rings. The summed E-state index contributed by atoms with van der Waals surface area (Å²) < 4.78 is 34.1. The zero-order valence-electron chi connectivity index (χ0n) is 43.3. The summed E-state index contributed by atoms with van der Waals surface area (Å²) in [5, 5.41) is 120. The lowest BCUT2D eigenvalue weighted by molar-refractivity contribution is -0.379. The average Bonchev–Trinajstić information content (AvgIpc) is 3.39. The SMILES string of the molecule is CCC/C=C/CC/C=C/CC/C=C/C(O)C(COC1OC(CO)C(OC2OC(CO)C(OC3OC(CO)C(O)C(O)C3O)C(O)C2O)C(O)C1O)NC(=O)CCCCCCCCC/C=C\C/C=C\CCCCC. The molecule has 3 heterocycles. The molecule has 17 unspecified atom stereocenters. The van der Waals surface area contributed by atoms with Gasteiger partial charge in [0.25, 0.3) is 0 Å². The molecule has 12 N–H and O–H groups in total. The normalized spacial score (nSPS) is 32.2. The number of hydrogen-bond acceptors (Lipinski definition) is 18. The van der Waals surface area contributed by atoms with E-state index in [4.69, 9.17) is 28.4 Å². The number of carbonyl (C=O) groups excluding carboxylic acids is 1. The number of aliphatic hydroxyl groups is 11. The van der Waals surface area contributed by atoms with Crippen LogP contribution in [0.3, 0.4) is 0 Å². The van der Waals surface area contributed by atoms with Crippen molar-refractivity contribution in [2.75, 3.05) is 26.4 Å². The molecule has 0 aromatic heterocycles. The molecule has 422 valence electrons. The van der Waals surface area contributed by atoms with E-state index in [9.17, 15) is 61.0 Å². The number of unbranched alkanes of at least 4 members (excludes halogenated alkanes) is 13. The molecule has 0 aliphatic carbocycles. The third-order valence-corrected chi connectivity index (χ3v) is 13.2. The van der Waals surface area contributed by atoms with E-state index < -0.39 is 124 Å². The average molecular weight is 1040 g/mol. The first-order valence-corrected chi connectivity index (χ1v) is 27.0. The highest BCUT2D eigenvalue weighted by molar-refractivity contribution is 5.76. The Morgan fingerprint density at radius 1 is 0.493 bits per heavy atom. The Kier molecular flexibility index (Phi) is 33.8. The van der Waals surface area contributed by atoms with Gasteiger partial charge < -0.3 is 89.9 Å². The Hall–Kier alpha value is -2.51. The Morgan fingerprint density at radius 2 is 0.945 bits per heavy atom. The molecule has 19 heteroatoms. The van der Waals surface area contributed by atoms with Crippen molar-refractivity contribution in [1.29, 1.82) is 0 Å². The fourth-order valence-electron chi connectivity index (χ4n) is 8.73. The van der Waals surface area contributed by atoms with Crippen molar-refractivity contribution in [2.45, 2.75) is 247 Å². The second kappa shape index (κ2) is 38.1. The van der Waals surface area contributed by atoms with Gasteiger partial charge in [0.05, 0.1) is 38.6 Å². The molecule has 0 radical (unpaired) electrons. The first-order valence-electron chi connectivity index (χ1n) is 27.0. The first-order chi connectivity index (χ1) is 35.3. The number of aliphatic hydroxyl groups excluding tert-OH is 11. The second-order valence-corrected chi connectivity index (χ2v) is 19.3. The van der Waals surface area contributed by atoms with E-state index >= 15 is 0 Å². The van der Waals surface area contributed by atoms with E-state index in [1.807, 2.05) is 6.08 Å². The molecule has 3 rings (SSSR count). The predicted molar refractivity (Wildman–Crippen MR) is 272 cm³/mol. The Morgan fingerprint density at radius 3 is 1.49 bits per heavy atom. The lowest BCUT2D eigenvalue weighted by Crippen LogP contribution is -2.66. The van der Waals surface area contributed by atoms with E-state index in [0.29, 0.717) is 12.8 Å². The van der Waals surface area contributed by atoms with Gasteiger partial charge in [-0.15, -0.1) is 0 Å². The lowest BCUT2D eigenvalue weighted by atomic mass is 9.96. The van der Waals surface area contributed by atoms with Crippen molar-refractivity contribution in [3.8, 4) is 0 Å². The van der Waals surface area contributed by atoms with Crippen molar-refractivity contribution in [2.24, 2.45) is 0 Å². The van der Waals surface area contributed by atoms with Crippen LogP contribution in [0.4, 0.5) is 0 Å². The van der Waals surface area contributed by atoms with E-state index in [0.717, 1.165) is 89.9 Å². The summed E-state index contributed by atoms with van der Waals surface area (Å²) >= 11 is 0.